The van der Waals surface area contributed by atoms with Crippen molar-refractivity contribution >= 4 is 15.9 Å². The van der Waals surface area contributed by atoms with Crippen LogP contribution in [0.1, 0.15) is 19.0 Å². The Hall–Kier alpha value is -0.350. The number of aromatic amines is 1. The van der Waals surface area contributed by atoms with Crippen LogP contribution in [-0.4, -0.2) is 28.7 Å². The molecule has 12 heavy (non-hydrogen) atoms. The Labute approximate surface area is 81.3 Å². The van der Waals surface area contributed by atoms with Crippen LogP contribution >= 0.6 is 15.9 Å². The average molecular weight is 232 g/mol. The second-order valence-corrected chi connectivity index (χ2v) is 3.79. The summed E-state index contributed by atoms with van der Waals surface area (Å²) in [5.74, 6) is 0. The van der Waals surface area contributed by atoms with E-state index in [1.807, 2.05) is 0 Å². The topological polar surface area (TPSA) is 31.9 Å². The van der Waals surface area contributed by atoms with Gasteiger partial charge in [-0.3, -0.25) is 5.10 Å². The quantitative estimate of drug-likeness (QED) is 0.861. The van der Waals surface area contributed by atoms with E-state index in [0.29, 0.717) is 0 Å². The highest BCUT2D eigenvalue weighted by atomic mass is 79.9. The van der Waals surface area contributed by atoms with E-state index in [1.54, 1.807) is 6.20 Å². The highest BCUT2D eigenvalue weighted by Crippen LogP contribution is 2.13. The molecule has 0 bridgehead atoms. The third kappa shape index (κ3) is 2.60. The van der Waals surface area contributed by atoms with Crippen LogP contribution in [0.4, 0.5) is 0 Å². The van der Waals surface area contributed by atoms with Gasteiger partial charge < -0.3 is 4.90 Å². The molecule has 68 valence electrons. The molecule has 1 N–H and O–H groups in total. The van der Waals surface area contributed by atoms with Crippen molar-refractivity contribution in [1.82, 2.24) is 15.1 Å². The lowest BCUT2D eigenvalue weighted by atomic mass is 10.4. The monoisotopic (exact) mass is 231 g/mol. The summed E-state index contributed by atoms with van der Waals surface area (Å²) >= 11 is 3.43. The summed E-state index contributed by atoms with van der Waals surface area (Å²) in [5.41, 5.74) is 1.14. The second kappa shape index (κ2) is 4.62. The van der Waals surface area contributed by atoms with Crippen molar-refractivity contribution in [2.75, 3.05) is 13.6 Å². The largest absolute Gasteiger partial charge is 0.301 e. The van der Waals surface area contributed by atoms with Crippen molar-refractivity contribution in [3.05, 3.63) is 16.4 Å². The van der Waals surface area contributed by atoms with Gasteiger partial charge in [-0.2, -0.15) is 5.10 Å². The molecule has 0 radical (unpaired) electrons. The molecule has 0 aliphatic carbocycles. The molecule has 0 saturated carbocycles. The number of halogens is 1. The lowest BCUT2D eigenvalue weighted by Gasteiger charge is -2.13. The van der Waals surface area contributed by atoms with Crippen molar-refractivity contribution in [3.8, 4) is 0 Å². The van der Waals surface area contributed by atoms with Gasteiger partial charge in [-0.15, -0.1) is 0 Å². The minimum absolute atomic E-state index is 0.925. The molecular weight excluding hydrogens is 218 g/mol. The Morgan fingerprint density at radius 2 is 2.42 bits per heavy atom. The zero-order valence-electron chi connectivity index (χ0n) is 7.47. The molecule has 3 nitrogen and oxygen atoms in total. The molecule has 1 heterocycles. The van der Waals surface area contributed by atoms with E-state index in [2.05, 4.69) is 45.0 Å². The molecule has 0 aliphatic heterocycles. The van der Waals surface area contributed by atoms with Crippen molar-refractivity contribution in [1.29, 1.82) is 0 Å². The molecule has 1 aromatic rings. The summed E-state index contributed by atoms with van der Waals surface area (Å²) in [4.78, 5) is 2.26. The van der Waals surface area contributed by atoms with Gasteiger partial charge in [-0.05, 0) is 35.9 Å². The summed E-state index contributed by atoms with van der Waals surface area (Å²) in [5, 5.41) is 6.89. The van der Waals surface area contributed by atoms with Crippen LogP contribution in [0, 0.1) is 0 Å². The second-order valence-electron chi connectivity index (χ2n) is 2.93. The van der Waals surface area contributed by atoms with Gasteiger partial charge in [0.25, 0.3) is 0 Å². The van der Waals surface area contributed by atoms with E-state index in [0.717, 1.165) is 23.3 Å². The lowest BCUT2D eigenvalue weighted by molar-refractivity contribution is 0.323. The molecule has 1 aromatic heterocycles. The summed E-state index contributed by atoms with van der Waals surface area (Å²) in [7, 11) is 2.11. The lowest BCUT2D eigenvalue weighted by Crippen LogP contribution is -2.18. The fourth-order valence-electron chi connectivity index (χ4n) is 1.14. The van der Waals surface area contributed by atoms with Crippen molar-refractivity contribution in [3.63, 3.8) is 0 Å². The fourth-order valence-corrected chi connectivity index (χ4v) is 1.46. The van der Waals surface area contributed by atoms with Crippen LogP contribution in [0.2, 0.25) is 0 Å². The number of hydrogen-bond acceptors (Lipinski definition) is 2. The number of rotatable bonds is 4. The number of aromatic nitrogens is 2. The summed E-state index contributed by atoms with van der Waals surface area (Å²) in [6.45, 7) is 4.22. The Morgan fingerprint density at radius 1 is 1.67 bits per heavy atom. The van der Waals surface area contributed by atoms with Crippen molar-refractivity contribution in [2.45, 2.75) is 19.9 Å². The number of H-pyrrole nitrogens is 1. The zero-order chi connectivity index (χ0) is 8.97. The molecule has 0 fully saturated rings. The van der Waals surface area contributed by atoms with Crippen LogP contribution in [0.3, 0.4) is 0 Å². The molecule has 1 rings (SSSR count). The molecular formula is C8H14BrN3. The van der Waals surface area contributed by atoms with Gasteiger partial charge >= 0.3 is 0 Å². The molecule has 0 aliphatic rings. The minimum Gasteiger partial charge on any atom is -0.301 e. The minimum atomic E-state index is 0.925. The van der Waals surface area contributed by atoms with Crippen molar-refractivity contribution < 1.29 is 0 Å². The standard InChI is InChI=1S/C8H14BrN3/c1-3-4-12(2)6-8-7(9)5-10-11-8/h5H,3-4,6H2,1-2H3,(H,10,11). The predicted molar refractivity (Wildman–Crippen MR) is 52.9 cm³/mol. The molecule has 0 unspecified atom stereocenters. The maximum Gasteiger partial charge on any atom is 0.0634 e. The SMILES string of the molecule is CCCN(C)Cc1[nH]ncc1Br. The smallest absolute Gasteiger partial charge is 0.0634 e. The predicted octanol–water partition coefficient (Wildman–Crippen LogP) is 2.01. The number of nitrogens with one attached hydrogen (secondary N) is 1. The highest BCUT2D eigenvalue weighted by molar-refractivity contribution is 9.10. The van der Waals surface area contributed by atoms with Gasteiger partial charge in [0.2, 0.25) is 0 Å². The fraction of sp³-hybridized carbons (Fsp3) is 0.625. The van der Waals surface area contributed by atoms with Crippen molar-refractivity contribution in [2.24, 2.45) is 0 Å². The van der Waals surface area contributed by atoms with Gasteiger partial charge in [-0.1, -0.05) is 6.92 Å². The van der Waals surface area contributed by atoms with Crippen LogP contribution in [-0.2, 0) is 6.54 Å². The molecule has 4 heteroatoms. The van der Waals surface area contributed by atoms with Gasteiger partial charge in [0.05, 0.1) is 16.4 Å². The third-order valence-electron chi connectivity index (χ3n) is 1.70. The Balaban J connectivity index is 2.46. The average Bonchev–Trinajstić information content (AvgIpc) is 2.37. The summed E-state index contributed by atoms with van der Waals surface area (Å²) in [6.07, 6.45) is 2.97. The van der Waals surface area contributed by atoms with Gasteiger partial charge in [0, 0.05) is 6.54 Å². The van der Waals surface area contributed by atoms with Gasteiger partial charge in [0.1, 0.15) is 0 Å². The van der Waals surface area contributed by atoms with E-state index >= 15 is 0 Å². The first-order chi connectivity index (χ1) is 5.74. The Morgan fingerprint density at radius 3 is 2.92 bits per heavy atom. The first-order valence-corrected chi connectivity index (χ1v) is 4.89. The third-order valence-corrected chi connectivity index (χ3v) is 2.38. The number of nitrogens with zero attached hydrogens (tertiary/aromatic N) is 2. The Kier molecular flexibility index (Phi) is 3.75. The summed E-state index contributed by atoms with van der Waals surface area (Å²) in [6, 6.07) is 0. The Bertz CT molecular complexity index is 234. The normalized spacial score (nSPS) is 11.0. The highest BCUT2D eigenvalue weighted by Gasteiger charge is 2.04. The first-order valence-electron chi connectivity index (χ1n) is 4.10. The van der Waals surface area contributed by atoms with Crippen LogP contribution < -0.4 is 0 Å². The summed E-state index contributed by atoms with van der Waals surface area (Å²) < 4.78 is 1.06. The molecule has 0 aromatic carbocycles. The van der Waals surface area contributed by atoms with Crippen LogP contribution in [0.5, 0.6) is 0 Å². The van der Waals surface area contributed by atoms with E-state index in [9.17, 15) is 0 Å². The number of hydrogen-bond donors (Lipinski definition) is 1. The van der Waals surface area contributed by atoms with Crippen LogP contribution in [0.25, 0.3) is 0 Å². The molecule has 0 saturated heterocycles. The molecule has 0 spiro atoms. The maximum absolute atomic E-state index is 3.94. The van der Waals surface area contributed by atoms with Crippen LogP contribution in [0.15, 0.2) is 10.7 Å². The molecule has 0 amide bonds. The molecule has 0 atom stereocenters. The van der Waals surface area contributed by atoms with Gasteiger partial charge in [0.15, 0.2) is 0 Å². The maximum atomic E-state index is 3.94. The van der Waals surface area contributed by atoms with E-state index < -0.39 is 0 Å². The van der Waals surface area contributed by atoms with E-state index in [-0.39, 0.29) is 0 Å². The van der Waals surface area contributed by atoms with E-state index in [1.165, 1.54) is 6.42 Å². The first kappa shape index (κ1) is 9.74. The van der Waals surface area contributed by atoms with Gasteiger partial charge in [-0.25, -0.2) is 0 Å². The van der Waals surface area contributed by atoms with E-state index in [4.69, 9.17) is 0 Å². The zero-order valence-corrected chi connectivity index (χ0v) is 9.06.